The van der Waals surface area contributed by atoms with Crippen molar-refractivity contribution >= 4 is 24.2 Å². The molecule has 0 aliphatic rings. The van der Waals surface area contributed by atoms with Crippen LogP contribution < -0.4 is 0 Å². The normalized spacial score (nSPS) is 9.09. The molecular formula is C12H20O10. The summed E-state index contributed by atoms with van der Waals surface area (Å²) in [5.74, 6) is -1.28. The first-order valence-corrected chi connectivity index (χ1v) is 6.16. The van der Waals surface area contributed by atoms with Crippen LogP contribution >= 0.6 is 0 Å². The predicted molar refractivity (Wildman–Crippen MR) is 68.9 cm³/mol. The molecule has 0 amide bonds. The van der Waals surface area contributed by atoms with Crippen LogP contribution in [0.15, 0.2) is 0 Å². The lowest BCUT2D eigenvalue weighted by molar-refractivity contribution is -0.255. The molecule has 0 atom stereocenters. The quantitative estimate of drug-likeness (QED) is 0.423. The lowest BCUT2D eigenvalue weighted by Crippen LogP contribution is -2.18. The first-order chi connectivity index (χ1) is 10.0. The minimum absolute atomic E-state index is 0.341. The van der Waals surface area contributed by atoms with E-state index < -0.39 is 24.2 Å². The number of ether oxygens (including phenoxy) is 2. The molecule has 22 heavy (non-hydrogen) atoms. The van der Waals surface area contributed by atoms with Gasteiger partial charge in [-0.25, -0.2) is 19.4 Å². The van der Waals surface area contributed by atoms with E-state index in [-0.39, 0.29) is 12.2 Å². The van der Waals surface area contributed by atoms with Crippen LogP contribution in [-0.2, 0) is 38.6 Å². The Balaban J connectivity index is 0. The van der Waals surface area contributed by atoms with Crippen LogP contribution in [0.25, 0.3) is 0 Å². The second kappa shape index (κ2) is 12.2. The van der Waals surface area contributed by atoms with Crippen LogP contribution in [0.5, 0.6) is 0 Å². The maximum atomic E-state index is 10.7. The standard InChI is InChI=1S/C8H14O6.C4H6O4/c1-5(2)11-7(9)13-14-8(10)12-6(3)4;1-3(5)7-8-4(2)6/h5-6H,1-4H3;1-2H3. The van der Waals surface area contributed by atoms with E-state index in [1.54, 1.807) is 27.7 Å². The van der Waals surface area contributed by atoms with E-state index in [4.69, 9.17) is 0 Å². The third-order valence-corrected chi connectivity index (χ3v) is 1.12. The highest BCUT2D eigenvalue weighted by Gasteiger charge is 2.14. The highest BCUT2D eigenvalue weighted by atomic mass is 17.3. The van der Waals surface area contributed by atoms with Crippen LogP contribution in [-0.4, -0.2) is 36.5 Å². The Kier molecular flexibility index (Phi) is 12.1. The molecular weight excluding hydrogens is 304 g/mol. The van der Waals surface area contributed by atoms with Gasteiger partial charge in [-0.05, 0) is 27.7 Å². The maximum absolute atomic E-state index is 10.7. The van der Waals surface area contributed by atoms with Crippen molar-refractivity contribution in [3.8, 4) is 0 Å². The molecule has 0 saturated carbocycles. The van der Waals surface area contributed by atoms with Crippen molar-refractivity contribution in [2.45, 2.75) is 53.8 Å². The van der Waals surface area contributed by atoms with Gasteiger partial charge in [0, 0.05) is 13.8 Å². The second-order valence-corrected chi connectivity index (χ2v) is 4.15. The van der Waals surface area contributed by atoms with Crippen molar-refractivity contribution < 1.29 is 48.2 Å². The van der Waals surface area contributed by atoms with Gasteiger partial charge in [0.05, 0.1) is 12.2 Å². The third-order valence-electron chi connectivity index (χ3n) is 1.12. The van der Waals surface area contributed by atoms with Gasteiger partial charge in [-0.2, -0.15) is 19.4 Å². The molecule has 0 bridgehead atoms. The third kappa shape index (κ3) is 19.8. The summed E-state index contributed by atoms with van der Waals surface area (Å²) in [5.41, 5.74) is 0. The van der Waals surface area contributed by atoms with E-state index in [0.717, 1.165) is 13.8 Å². The fourth-order valence-corrected chi connectivity index (χ4v) is 0.610. The number of hydrogen-bond acceptors (Lipinski definition) is 10. The Morgan fingerprint density at radius 3 is 1.05 bits per heavy atom. The van der Waals surface area contributed by atoms with Gasteiger partial charge in [0.1, 0.15) is 0 Å². The zero-order valence-electron chi connectivity index (χ0n) is 13.2. The summed E-state index contributed by atoms with van der Waals surface area (Å²) in [6.45, 7) is 8.81. The van der Waals surface area contributed by atoms with Crippen LogP contribution in [0.1, 0.15) is 41.5 Å². The fraction of sp³-hybridized carbons (Fsp3) is 0.667. The lowest BCUT2D eigenvalue weighted by Gasteiger charge is -2.08. The molecule has 0 aromatic carbocycles. The highest BCUT2D eigenvalue weighted by Crippen LogP contribution is 1.97. The number of hydrogen-bond donors (Lipinski definition) is 0. The molecule has 0 spiro atoms. The minimum Gasteiger partial charge on any atom is -0.429 e. The summed E-state index contributed by atoms with van der Waals surface area (Å²) in [6, 6.07) is 0. The summed E-state index contributed by atoms with van der Waals surface area (Å²) in [6.07, 6.45) is -2.85. The zero-order valence-corrected chi connectivity index (χ0v) is 13.2. The zero-order chi connectivity index (χ0) is 17.7. The van der Waals surface area contributed by atoms with E-state index in [1.807, 2.05) is 0 Å². The molecule has 0 unspecified atom stereocenters. The van der Waals surface area contributed by atoms with Crippen molar-refractivity contribution in [3.63, 3.8) is 0 Å². The van der Waals surface area contributed by atoms with Gasteiger partial charge in [-0.3, -0.25) is 0 Å². The van der Waals surface area contributed by atoms with Gasteiger partial charge in [-0.15, -0.1) is 0 Å². The molecule has 0 N–H and O–H groups in total. The molecule has 0 heterocycles. The van der Waals surface area contributed by atoms with Gasteiger partial charge in [-0.1, -0.05) is 0 Å². The largest absolute Gasteiger partial charge is 0.550 e. The van der Waals surface area contributed by atoms with E-state index >= 15 is 0 Å². The molecule has 0 radical (unpaired) electrons. The molecule has 0 rings (SSSR count). The van der Waals surface area contributed by atoms with E-state index in [2.05, 4.69) is 29.0 Å². The lowest BCUT2D eigenvalue weighted by atomic mass is 10.5. The van der Waals surface area contributed by atoms with Crippen molar-refractivity contribution in [2.75, 3.05) is 0 Å². The van der Waals surface area contributed by atoms with Crippen LogP contribution in [0.4, 0.5) is 9.59 Å². The average molecular weight is 324 g/mol. The Labute approximate surface area is 127 Å². The van der Waals surface area contributed by atoms with Crippen LogP contribution in [0, 0.1) is 0 Å². The van der Waals surface area contributed by atoms with Crippen molar-refractivity contribution in [3.05, 3.63) is 0 Å². The summed E-state index contributed by atoms with van der Waals surface area (Å²) >= 11 is 0. The van der Waals surface area contributed by atoms with Crippen LogP contribution in [0.3, 0.4) is 0 Å². The predicted octanol–water partition coefficient (Wildman–Crippen LogP) is 2.05. The topological polar surface area (TPSA) is 124 Å². The number of rotatable bonds is 2. The SMILES string of the molecule is CC(=O)OOC(C)=O.CC(C)OC(=O)OOC(=O)OC(C)C. The molecule has 0 aliphatic heterocycles. The molecule has 0 aromatic heterocycles. The first kappa shape index (κ1) is 21.8. The van der Waals surface area contributed by atoms with Crippen molar-refractivity contribution in [1.29, 1.82) is 0 Å². The molecule has 10 heteroatoms. The fourth-order valence-electron chi connectivity index (χ4n) is 0.610. The molecule has 0 fully saturated rings. The monoisotopic (exact) mass is 324 g/mol. The highest BCUT2D eigenvalue weighted by molar-refractivity contribution is 5.69. The average Bonchev–Trinajstić information content (AvgIpc) is 2.33. The Morgan fingerprint density at radius 2 is 0.864 bits per heavy atom. The second-order valence-electron chi connectivity index (χ2n) is 4.15. The van der Waals surface area contributed by atoms with Crippen molar-refractivity contribution in [2.24, 2.45) is 0 Å². The summed E-state index contributed by atoms with van der Waals surface area (Å²) < 4.78 is 9.02. The number of carbonyl (C=O) groups is 4. The minimum atomic E-state index is -1.08. The Morgan fingerprint density at radius 1 is 0.591 bits per heavy atom. The Hall–Kier alpha value is -2.52. The van der Waals surface area contributed by atoms with Gasteiger partial charge in [0.15, 0.2) is 0 Å². The molecule has 0 saturated heterocycles. The summed E-state index contributed by atoms with van der Waals surface area (Å²) in [5, 5.41) is 0. The first-order valence-electron chi connectivity index (χ1n) is 6.16. The van der Waals surface area contributed by atoms with Gasteiger partial charge < -0.3 is 9.47 Å². The van der Waals surface area contributed by atoms with Crippen molar-refractivity contribution in [1.82, 2.24) is 0 Å². The molecule has 0 aliphatic carbocycles. The van der Waals surface area contributed by atoms with E-state index in [1.165, 1.54) is 0 Å². The number of carbonyl (C=O) groups excluding carboxylic acids is 4. The van der Waals surface area contributed by atoms with E-state index in [9.17, 15) is 19.2 Å². The molecule has 10 nitrogen and oxygen atoms in total. The maximum Gasteiger partial charge on any atom is 0.550 e. The van der Waals surface area contributed by atoms with Gasteiger partial charge >= 0.3 is 24.2 Å². The molecule has 0 aromatic rings. The summed E-state index contributed by atoms with van der Waals surface area (Å²) in [7, 11) is 0. The molecule has 128 valence electrons. The van der Waals surface area contributed by atoms with Crippen LogP contribution in [0.2, 0.25) is 0 Å². The van der Waals surface area contributed by atoms with Gasteiger partial charge in [0.2, 0.25) is 0 Å². The Bertz CT molecular complexity index is 338. The van der Waals surface area contributed by atoms with E-state index in [0.29, 0.717) is 0 Å². The smallest absolute Gasteiger partial charge is 0.429 e. The van der Waals surface area contributed by atoms with Gasteiger partial charge in [0.25, 0.3) is 0 Å². The summed E-state index contributed by atoms with van der Waals surface area (Å²) in [4.78, 5) is 56.6.